The summed E-state index contributed by atoms with van der Waals surface area (Å²) in [4.78, 5) is 42.1. The molecule has 9 heteroatoms. The molecule has 8 nitrogen and oxygen atoms in total. The van der Waals surface area contributed by atoms with E-state index >= 15 is 0 Å². The molecule has 2 atom stereocenters. The largest absolute Gasteiger partial charge is 0.507 e. The fraction of sp³-hybridized carbons (Fsp3) is 0.483. The van der Waals surface area contributed by atoms with Gasteiger partial charge in [-0.15, -0.1) is 0 Å². The monoisotopic (exact) mass is 541 g/mol. The van der Waals surface area contributed by atoms with Crippen molar-refractivity contribution in [3.8, 4) is 5.75 Å². The van der Waals surface area contributed by atoms with E-state index in [0.717, 1.165) is 18.4 Å². The van der Waals surface area contributed by atoms with Crippen LogP contribution in [0, 0.1) is 6.92 Å². The van der Waals surface area contributed by atoms with Crippen molar-refractivity contribution in [3.63, 3.8) is 0 Å². The maximum absolute atomic E-state index is 14.1. The van der Waals surface area contributed by atoms with Crippen LogP contribution in [0.2, 0.25) is 0 Å². The number of phenolic OH excluding ortho intramolecular Hbond substituents is 1. The summed E-state index contributed by atoms with van der Waals surface area (Å²) in [5.74, 6) is -0.152. The predicted octanol–water partition coefficient (Wildman–Crippen LogP) is 4.70. The molecular weight excluding hydrogens is 502 g/mol. The Hall–Kier alpha value is -3.20. The standard InChI is InChI=1S/C29H39N3O5S/c1-19-10-9-13-22(25(19)33)24(26(34)30-18-20-11-7-6-8-12-20)32(21-14-15-21)27(35)23(16-17-38-5)31-28(36)37-29(2,3)4/h6-13,21,23-24,33H,14-18H2,1-5H3,(H,30,34)(H,31,36). The van der Waals surface area contributed by atoms with Gasteiger partial charge in [0.25, 0.3) is 0 Å². The lowest BCUT2D eigenvalue weighted by molar-refractivity contribution is -0.143. The topological polar surface area (TPSA) is 108 Å². The third kappa shape index (κ3) is 8.15. The molecular formula is C29H39N3O5S. The van der Waals surface area contributed by atoms with Gasteiger partial charge >= 0.3 is 6.09 Å². The molecule has 3 N–H and O–H groups in total. The van der Waals surface area contributed by atoms with Gasteiger partial charge in [-0.25, -0.2) is 4.79 Å². The minimum atomic E-state index is -1.06. The number of nitrogens with one attached hydrogen (secondary N) is 2. The van der Waals surface area contributed by atoms with Crippen LogP contribution in [0.5, 0.6) is 5.75 Å². The van der Waals surface area contributed by atoms with Crippen molar-refractivity contribution in [3.05, 3.63) is 65.2 Å². The van der Waals surface area contributed by atoms with E-state index < -0.39 is 29.7 Å². The van der Waals surface area contributed by atoms with Gasteiger partial charge in [-0.2, -0.15) is 11.8 Å². The molecule has 0 saturated heterocycles. The van der Waals surface area contributed by atoms with Gasteiger partial charge in [0.1, 0.15) is 23.4 Å². The maximum atomic E-state index is 14.1. The quantitative estimate of drug-likeness (QED) is 0.381. The van der Waals surface area contributed by atoms with E-state index in [9.17, 15) is 19.5 Å². The van der Waals surface area contributed by atoms with Gasteiger partial charge in [-0.3, -0.25) is 9.59 Å². The minimum Gasteiger partial charge on any atom is -0.507 e. The number of carbonyl (C=O) groups excluding carboxylic acids is 3. The Balaban J connectivity index is 1.96. The second kappa shape index (κ2) is 13.0. The van der Waals surface area contributed by atoms with Crippen molar-refractivity contribution < 1.29 is 24.2 Å². The SMILES string of the molecule is CSCCC(NC(=O)OC(C)(C)C)C(=O)N(C1CC1)C(C(=O)NCc1ccccc1)c1cccc(C)c1O. The molecule has 2 aromatic carbocycles. The van der Waals surface area contributed by atoms with Crippen LogP contribution in [0.3, 0.4) is 0 Å². The van der Waals surface area contributed by atoms with E-state index in [4.69, 9.17) is 4.74 Å². The Kier molecular flexibility index (Phi) is 10.1. The molecule has 3 amide bonds. The van der Waals surface area contributed by atoms with Crippen LogP contribution >= 0.6 is 11.8 Å². The zero-order valence-corrected chi connectivity index (χ0v) is 23.6. The minimum absolute atomic E-state index is 0.0217. The second-order valence-electron chi connectivity index (χ2n) is 10.6. The molecule has 2 aromatic rings. The number of rotatable bonds is 11. The van der Waals surface area contributed by atoms with E-state index in [2.05, 4.69) is 10.6 Å². The Morgan fingerprint density at radius 2 is 1.79 bits per heavy atom. The van der Waals surface area contributed by atoms with E-state index in [1.54, 1.807) is 62.6 Å². The Morgan fingerprint density at radius 3 is 2.39 bits per heavy atom. The summed E-state index contributed by atoms with van der Waals surface area (Å²) in [6.07, 6.45) is 3.10. The first kappa shape index (κ1) is 29.4. The number of hydrogen-bond acceptors (Lipinski definition) is 6. The number of benzene rings is 2. The van der Waals surface area contributed by atoms with Crippen molar-refractivity contribution in [1.82, 2.24) is 15.5 Å². The molecule has 0 heterocycles. The summed E-state index contributed by atoms with van der Waals surface area (Å²) in [6.45, 7) is 7.31. The number of aryl methyl sites for hydroxylation is 1. The van der Waals surface area contributed by atoms with Crippen molar-refractivity contribution >= 4 is 29.7 Å². The summed E-state index contributed by atoms with van der Waals surface area (Å²) in [5.41, 5.74) is 1.16. The molecule has 38 heavy (non-hydrogen) atoms. The molecule has 0 aromatic heterocycles. The molecule has 1 saturated carbocycles. The average molecular weight is 542 g/mol. The van der Waals surface area contributed by atoms with Crippen LogP contribution in [0.25, 0.3) is 0 Å². The predicted molar refractivity (Wildman–Crippen MR) is 150 cm³/mol. The molecule has 1 aliphatic carbocycles. The van der Waals surface area contributed by atoms with E-state index in [1.807, 2.05) is 36.6 Å². The number of nitrogens with zero attached hydrogens (tertiary/aromatic N) is 1. The first-order chi connectivity index (χ1) is 18.0. The molecule has 0 spiro atoms. The molecule has 0 bridgehead atoms. The fourth-order valence-corrected chi connectivity index (χ4v) is 4.67. The van der Waals surface area contributed by atoms with Gasteiger partial charge in [-0.1, -0.05) is 48.5 Å². The number of hydrogen-bond donors (Lipinski definition) is 3. The highest BCUT2D eigenvalue weighted by Crippen LogP contribution is 2.39. The number of carbonyl (C=O) groups is 3. The summed E-state index contributed by atoms with van der Waals surface area (Å²) >= 11 is 1.56. The summed E-state index contributed by atoms with van der Waals surface area (Å²) in [5, 5.41) is 16.7. The average Bonchev–Trinajstić information content (AvgIpc) is 3.70. The summed E-state index contributed by atoms with van der Waals surface area (Å²) < 4.78 is 5.42. The van der Waals surface area contributed by atoms with Crippen LogP contribution in [-0.2, 0) is 20.9 Å². The first-order valence-electron chi connectivity index (χ1n) is 12.9. The Labute approximate surface area is 229 Å². The third-order valence-electron chi connectivity index (χ3n) is 6.19. The smallest absolute Gasteiger partial charge is 0.408 e. The molecule has 0 radical (unpaired) electrons. The number of ether oxygens (including phenoxy) is 1. The lowest BCUT2D eigenvalue weighted by Crippen LogP contribution is -2.54. The molecule has 3 rings (SSSR count). The zero-order valence-electron chi connectivity index (χ0n) is 22.8. The van der Waals surface area contributed by atoms with Crippen molar-refractivity contribution in [2.75, 3.05) is 12.0 Å². The van der Waals surface area contributed by atoms with Gasteiger partial charge in [0, 0.05) is 18.2 Å². The zero-order chi connectivity index (χ0) is 27.9. The van der Waals surface area contributed by atoms with E-state index in [-0.39, 0.29) is 24.2 Å². The van der Waals surface area contributed by atoms with Crippen LogP contribution < -0.4 is 10.6 Å². The molecule has 2 unspecified atom stereocenters. The first-order valence-corrected chi connectivity index (χ1v) is 14.3. The lowest BCUT2D eigenvalue weighted by atomic mass is 9.98. The van der Waals surface area contributed by atoms with Crippen molar-refractivity contribution in [2.24, 2.45) is 0 Å². The van der Waals surface area contributed by atoms with Gasteiger partial charge in [0.05, 0.1) is 0 Å². The highest BCUT2D eigenvalue weighted by molar-refractivity contribution is 7.98. The molecule has 1 fully saturated rings. The van der Waals surface area contributed by atoms with Crippen LogP contribution in [-0.4, -0.2) is 57.6 Å². The number of phenols is 1. The lowest BCUT2D eigenvalue weighted by Gasteiger charge is -2.35. The number of para-hydroxylation sites is 1. The summed E-state index contributed by atoms with van der Waals surface area (Å²) in [6, 6.07) is 12.6. The van der Waals surface area contributed by atoms with E-state index in [1.165, 1.54) is 0 Å². The number of aromatic hydroxyl groups is 1. The van der Waals surface area contributed by atoms with Gasteiger partial charge < -0.3 is 25.4 Å². The molecule has 0 aliphatic heterocycles. The number of amides is 3. The van der Waals surface area contributed by atoms with Gasteiger partial charge in [0.2, 0.25) is 11.8 Å². The van der Waals surface area contributed by atoms with Gasteiger partial charge in [0.15, 0.2) is 0 Å². The highest BCUT2D eigenvalue weighted by atomic mass is 32.2. The van der Waals surface area contributed by atoms with Crippen LogP contribution in [0.4, 0.5) is 4.79 Å². The summed E-state index contributed by atoms with van der Waals surface area (Å²) in [7, 11) is 0. The molecule has 206 valence electrons. The molecule has 1 aliphatic rings. The Bertz CT molecular complexity index is 1110. The van der Waals surface area contributed by atoms with Crippen molar-refractivity contribution in [2.45, 2.75) is 77.2 Å². The Morgan fingerprint density at radius 1 is 1.11 bits per heavy atom. The number of alkyl carbamates (subject to hydrolysis) is 1. The van der Waals surface area contributed by atoms with Gasteiger partial charge in [-0.05, 0) is 70.1 Å². The second-order valence-corrected chi connectivity index (χ2v) is 11.6. The maximum Gasteiger partial charge on any atom is 0.408 e. The fourth-order valence-electron chi connectivity index (χ4n) is 4.19. The highest BCUT2D eigenvalue weighted by Gasteiger charge is 2.44. The normalized spacial score (nSPS) is 14.8. The number of thioether (sulfide) groups is 1. The van der Waals surface area contributed by atoms with Crippen LogP contribution in [0.1, 0.15) is 62.8 Å². The van der Waals surface area contributed by atoms with E-state index in [0.29, 0.717) is 23.3 Å². The van der Waals surface area contributed by atoms with Crippen molar-refractivity contribution in [1.29, 1.82) is 0 Å². The van der Waals surface area contributed by atoms with Crippen LogP contribution in [0.15, 0.2) is 48.5 Å². The third-order valence-corrected chi connectivity index (χ3v) is 6.84.